The summed E-state index contributed by atoms with van der Waals surface area (Å²) in [6, 6.07) is 0. The van der Waals surface area contributed by atoms with E-state index in [0.29, 0.717) is 23.3 Å². The standard InChI is InChI=1S/C17H21N3O4S2/c21-15-13(11-8-4-5-9-12(11)18-15)14-16(22)19-17(25-14)20-26(23,24)10-6-2-1-3-7-10/h10H,1-9H2,(H2-,18,19,20,21,22,23,24). The van der Waals surface area contributed by atoms with E-state index in [1.807, 2.05) is 0 Å². The Morgan fingerprint density at radius 1 is 1.15 bits per heavy atom. The van der Waals surface area contributed by atoms with Crippen LogP contribution in [0.25, 0.3) is 5.57 Å². The van der Waals surface area contributed by atoms with Crippen LogP contribution in [0.2, 0.25) is 0 Å². The minimum atomic E-state index is -3.54. The zero-order chi connectivity index (χ0) is 18.3. The second kappa shape index (κ2) is 6.86. The Kier molecular flexibility index (Phi) is 4.70. The fourth-order valence-electron chi connectivity index (χ4n) is 3.92. The summed E-state index contributed by atoms with van der Waals surface area (Å²) in [7, 11) is -3.54. The van der Waals surface area contributed by atoms with Crippen LogP contribution in [0.15, 0.2) is 10.6 Å². The molecule has 140 valence electrons. The Hall–Kier alpha value is -1.58. The van der Waals surface area contributed by atoms with Gasteiger partial charge in [-0.2, -0.15) is 9.71 Å². The molecule has 0 saturated heterocycles. The van der Waals surface area contributed by atoms with Crippen molar-refractivity contribution in [2.45, 2.75) is 63.0 Å². The Morgan fingerprint density at radius 3 is 2.65 bits per heavy atom. The molecule has 0 spiro atoms. The molecule has 2 aliphatic carbocycles. The van der Waals surface area contributed by atoms with E-state index < -0.39 is 15.6 Å². The lowest BCUT2D eigenvalue weighted by molar-refractivity contribution is -0.112. The third-order valence-electron chi connectivity index (χ3n) is 5.25. The molecule has 1 aliphatic heterocycles. The molecule has 2 fully saturated rings. The molecule has 1 atom stereocenters. The summed E-state index contributed by atoms with van der Waals surface area (Å²) in [4.78, 5) is 20.7. The van der Waals surface area contributed by atoms with Crippen LogP contribution in [0.1, 0.15) is 62.7 Å². The monoisotopic (exact) mass is 395 g/mol. The number of aromatic nitrogens is 1. The van der Waals surface area contributed by atoms with Crippen molar-refractivity contribution in [3.63, 3.8) is 0 Å². The largest absolute Gasteiger partial charge is 0.593 e. The number of sulfonamides is 1. The first kappa shape index (κ1) is 17.8. The van der Waals surface area contributed by atoms with Crippen LogP contribution in [0.5, 0.6) is 5.88 Å². The normalized spacial score (nSPS) is 23.6. The van der Waals surface area contributed by atoms with E-state index in [4.69, 9.17) is 0 Å². The lowest BCUT2D eigenvalue weighted by atomic mass is 9.90. The van der Waals surface area contributed by atoms with Crippen LogP contribution >= 0.6 is 11.3 Å². The van der Waals surface area contributed by atoms with Gasteiger partial charge in [-0.25, -0.2) is 4.99 Å². The number of aliphatic imine (C=N–C) groups is 1. The van der Waals surface area contributed by atoms with Gasteiger partial charge in [0.15, 0.2) is 10.4 Å². The third-order valence-corrected chi connectivity index (χ3v) is 8.18. The fraction of sp³-hybridized carbons (Fsp3) is 0.588. The molecular weight excluding hydrogens is 374 g/mol. The average molecular weight is 396 g/mol. The zero-order valence-electron chi connectivity index (χ0n) is 14.3. The summed E-state index contributed by atoms with van der Waals surface area (Å²) in [6.07, 6.45) is 7.67. The third kappa shape index (κ3) is 3.23. The van der Waals surface area contributed by atoms with Crippen molar-refractivity contribution in [1.82, 2.24) is 4.98 Å². The van der Waals surface area contributed by atoms with Gasteiger partial charge in [-0.1, -0.05) is 22.0 Å². The molecule has 0 radical (unpaired) electrons. The molecule has 7 nitrogen and oxygen atoms in total. The summed E-state index contributed by atoms with van der Waals surface area (Å²) in [5.74, 6) is -0.674. The van der Waals surface area contributed by atoms with Crippen molar-refractivity contribution in [2.24, 2.45) is 4.99 Å². The number of amides is 1. The highest BCUT2D eigenvalue weighted by Gasteiger charge is 2.35. The Bertz CT molecular complexity index is 852. The van der Waals surface area contributed by atoms with Gasteiger partial charge in [-0.15, -0.1) is 0 Å². The van der Waals surface area contributed by atoms with Crippen molar-refractivity contribution in [2.75, 3.05) is 4.72 Å². The highest BCUT2D eigenvalue weighted by molar-refractivity contribution is 7.99. The van der Waals surface area contributed by atoms with Crippen LogP contribution in [-0.2, 0) is 19.4 Å². The fourth-order valence-corrected chi connectivity index (χ4v) is 6.62. The van der Waals surface area contributed by atoms with Crippen LogP contribution in [-0.4, -0.2) is 31.5 Å². The SMILES string of the molecule is O=C1N=C2CCCCC2=C1c1sc(N[S+](=O)([O-])C2CCCCC2)nc1O. The number of nitrogens with zero attached hydrogens (tertiary/aromatic N) is 2. The molecule has 9 heteroatoms. The van der Waals surface area contributed by atoms with E-state index in [1.165, 1.54) is 0 Å². The van der Waals surface area contributed by atoms with Crippen LogP contribution in [0.4, 0.5) is 5.13 Å². The number of anilines is 1. The number of aromatic hydroxyl groups is 1. The first-order chi connectivity index (χ1) is 12.5. The second-order valence-electron chi connectivity index (χ2n) is 7.00. The van der Waals surface area contributed by atoms with Gasteiger partial charge in [0.25, 0.3) is 5.91 Å². The number of allylic oxidation sites excluding steroid dienone is 1. The van der Waals surface area contributed by atoms with Crippen molar-refractivity contribution in [1.29, 1.82) is 0 Å². The zero-order valence-corrected chi connectivity index (χ0v) is 16.0. The van der Waals surface area contributed by atoms with Crippen molar-refractivity contribution in [3.05, 3.63) is 10.5 Å². The highest BCUT2D eigenvalue weighted by atomic mass is 32.3. The maximum atomic E-state index is 12.6. The summed E-state index contributed by atoms with van der Waals surface area (Å²) in [6.45, 7) is 0. The van der Waals surface area contributed by atoms with E-state index in [1.54, 1.807) is 0 Å². The van der Waals surface area contributed by atoms with E-state index >= 15 is 0 Å². The second-order valence-corrected chi connectivity index (χ2v) is 9.96. The van der Waals surface area contributed by atoms with E-state index in [9.17, 15) is 18.7 Å². The first-order valence-electron chi connectivity index (χ1n) is 9.03. The van der Waals surface area contributed by atoms with Crippen molar-refractivity contribution in [3.8, 4) is 5.88 Å². The van der Waals surface area contributed by atoms with E-state index in [0.717, 1.165) is 67.6 Å². The molecule has 0 aromatic carbocycles. The highest BCUT2D eigenvalue weighted by Crippen LogP contribution is 2.42. The molecule has 1 unspecified atom stereocenters. The lowest BCUT2D eigenvalue weighted by Crippen LogP contribution is -2.35. The molecular formula is C17H21N3O4S2. The van der Waals surface area contributed by atoms with Gasteiger partial charge in [0, 0.05) is 5.71 Å². The number of carbonyl (C=O) groups excluding carboxylic acids is 1. The van der Waals surface area contributed by atoms with Gasteiger partial charge in [-0.05, 0) is 56.9 Å². The van der Waals surface area contributed by atoms with E-state index in [-0.39, 0.29) is 16.9 Å². The predicted octanol–water partition coefficient (Wildman–Crippen LogP) is 3.45. The molecule has 2 heterocycles. The lowest BCUT2D eigenvalue weighted by Gasteiger charge is -2.26. The quantitative estimate of drug-likeness (QED) is 0.758. The molecule has 26 heavy (non-hydrogen) atoms. The van der Waals surface area contributed by atoms with Crippen LogP contribution < -0.4 is 4.72 Å². The molecule has 2 N–H and O–H groups in total. The Balaban J connectivity index is 1.60. The molecule has 2 saturated carbocycles. The van der Waals surface area contributed by atoms with Crippen LogP contribution in [0, 0.1) is 0 Å². The van der Waals surface area contributed by atoms with Gasteiger partial charge in [0.2, 0.25) is 11.0 Å². The van der Waals surface area contributed by atoms with Gasteiger partial charge in [0.05, 0.1) is 5.57 Å². The molecule has 1 aromatic rings. The average Bonchev–Trinajstić information content (AvgIpc) is 3.13. The maximum absolute atomic E-state index is 12.6. The van der Waals surface area contributed by atoms with Gasteiger partial charge in [-0.3, -0.25) is 4.79 Å². The number of fused-ring (bicyclic) bond motifs is 1. The van der Waals surface area contributed by atoms with Gasteiger partial charge < -0.3 is 9.66 Å². The van der Waals surface area contributed by atoms with Gasteiger partial charge >= 0.3 is 0 Å². The van der Waals surface area contributed by atoms with Crippen LogP contribution in [0.3, 0.4) is 0 Å². The molecule has 0 bridgehead atoms. The minimum Gasteiger partial charge on any atom is -0.593 e. The maximum Gasteiger partial charge on any atom is 0.279 e. The van der Waals surface area contributed by atoms with Crippen molar-refractivity contribution < 1.29 is 18.7 Å². The smallest absolute Gasteiger partial charge is 0.279 e. The minimum absolute atomic E-state index is 0.105. The molecule has 1 aromatic heterocycles. The number of hydrogen-bond acceptors (Lipinski definition) is 6. The number of thiazole rings is 1. The summed E-state index contributed by atoms with van der Waals surface area (Å²) >= 11 is 1.00. The Morgan fingerprint density at radius 2 is 1.88 bits per heavy atom. The summed E-state index contributed by atoms with van der Waals surface area (Å²) in [5.41, 5.74) is 2.06. The number of rotatable bonds is 4. The predicted molar refractivity (Wildman–Crippen MR) is 101 cm³/mol. The van der Waals surface area contributed by atoms with E-state index in [2.05, 4.69) is 14.7 Å². The summed E-state index contributed by atoms with van der Waals surface area (Å²) < 4.78 is 27.6. The number of carbonyl (C=O) groups is 1. The van der Waals surface area contributed by atoms with Crippen molar-refractivity contribution >= 4 is 44.1 Å². The topological polar surface area (TPSA) is 115 Å². The Labute approximate surface area is 157 Å². The molecule has 1 amide bonds. The number of hydrogen-bond donors (Lipinski definition) is 2. The van der Waals surface area contributed by atoms with Gasteiger partial charge in [0.1, 0.15) is 10.1 Å². The molecule has 3 aliphatic rings. The first-order valence-corrected chi connectivity index (χ1v) is 11.4. The number of nitrogens with one attached hydrogen (secondary N) is 1. The molecule has 4 rings (SSSR count). The summed E-state index contributed by atoms with van der Waals surface area (Å²) in [5, 5.41) is 9.92.